The van der Waals surface area contributed by atoms with Crippen molar-refractivity contribution in [3.8, 4) is 11.3 Å². The van der Waals surface area contributed by atoms with Gasteiger partial charge in [0.1, 0.15) is 11.6 Å². The summed E-state index contributed by atoms with van der Waals surface area (Å²) in [4.78, 5) is 18.2. The van der Waals surface area contributed by atoms with Crippen LogP contribution in [0.5, 0.6) is 0 Å². The van der Waals surface area contributed by atoms with Gasteiger partial charge in [-0.05, 0) is 81.6 Å². The molecular weight excluding hydrogens is 782 g/mol. The first-order valence-electron chi connectivity index (χ1n) is 16.5. The van der Waals surface area contributed by atoms with E-state index in [-0.39, 0.29) is 53.7 Å². The van der Waals surface area contributed by atoms with Crippen molar-refractivity contribution in [1.82, 2.24) is 4.98 Å². The number of nitrogens with zero attached hydrogens (tertiary/aromatic N) is 1. The maximum atomic E-state index is 14.3. The molecule has 0 amide bonds. The number of ketones is 1. The normalized spacial score (nSPS) is 12.6. The summed E-state index contributed by atoms with van der Waals surface area (Å²) in [6.45, 7) is 20.9. The van der Waals surface area contributed by atoms with E-state index in [4.69, 9.17) is 4.98 Å². The van der Waals surface area contributed by atoms with Crippen LogP contribution in [0.3, 0.4) is 0 Å². The first-order chi connectivity index (χ1) is 21.6. The van der Waals surface area contributed by atoms with Crippen molar-refractivity contribution >= 4 is 48.8 Å². The molecule has 3 nitrogen and oxygen atoms in total. The molecule has 0 aliphatic rings. The first kappa shape index (κ1) is 38.5. The van der Waals surface area contributed by atoms with Gasteiger partial charge in [0.15, 0.2) is 5.78 Å². The Kier molecular flexibility index (Phi) is 12.4. The Morgan fingerprint density at radius 3 is 2.04 bits per heavy atom. The number of hydrogen-bond donors (Lipinski definition) is 1. The summed E-state index contributed by atoms with van der Waals surface area (Å²) < 4.78 is 15.4. The van der Waals surface area contributed by atoms with Crippen LogP contribution >= 0.6 is 11.3 Å². The van der Waals surface area contributed by atoms with E-state index in [1.165, 1.54) is 28.0 Å². The van der Waals surface area contributed by atoms with Crippen molar-refractivity contribution in [3.05, 3.63) is 88.9 Å². The van der Waals surface area contributed by atoms with E-state index in [1.807, 2.05) is 72.0 Å². The number of pyridine rings is 1. The summed E-state index contributed by atoms with van der Waals surface area (Å²) in [5, 5.41) is 15.0. The van der Waals surface area contributed by atoms with Crippen LogP contribution in [0.2, 0.25) is 0 Å². The molecule has 3 aromatic carbocycles. The number of carbonyl (C=O) groups is 1. The van der Waals surface area contributed by atoms with Gasteiger partial charge in [-0.2, -0.15) is 11.3 Å². The Labute approximate surface area is 298 Å². The molecule has 0 spiro atoms. The van der Waals surface area contributed by atoms with Gasteiger partial charge in [-0.3, -0.25) is 4.79 Å². The van der Waals surface area contributed by atoms with E-state index in [1.54, 1.807) is 17.4 Å². The Hall–Kier alpha value is -2.92. The van der Waals surface area contributed by atoms with E-state index in [2.05, 4.69) is 45.9 Å². The molecule has 0 atom stereocenters. The molecule has 1 N–H and O–H groups in total. The number of rotatable bonds is 8. The molecule has 0 unspecified atom stereocenters. The van der Waals surface area contributed by atoms with Crippen LogP contribution in [0.1, 0.15) is 98.4 Å². The largest absolute Gasteiger partial charge is 0.512 e. The molecule has 0 bridgehead atoms. The SMILES string of the molecule is CCC(C)(CC)C(=O)/C=C(\O)C(C)(CC)CC.Cc1cc2c(C(C)(C)C)cc(-c3nccc4c3ccc3c(F)cccc34)[c-]c2s1.[Ir]. The Balaban J connectivity index is 0.000000290. The minimum Gasteiger partial charge on any atom is -0.512 e. The quantitative estimate of drug-likeness (QED) is 0.0733. The summed E-state index contributed by atoms with van der Waals surface area (Å²) in [5.41, 5.74) is 2.60. The predicted molar refractivity (Wildman–Crippen MR) is 195 cm³/mol. The molecule has 0 aliphatic carbocycles. The number of hydrogen-bond acceptors (Lipinski definition) is 4. The third kappa shape index (κ3) is 7.88. The predicted octanol–water partition coefficient (Wildman–Crippen LogP) is 12.5. The molecule has 2 heterocycles. The van der Waals surface area contributed by atoms with E-state index >= 15 is 0 Å². The number of thiophene rings is 1. The van der Waals surface area contributed by atoms with Crippen molar-refractivity contribution in [2.75, 3.05) is 0 Å². The summed E-state index contributed by atoms with van der Waals surface area (Å²) >= 11 is 1.77. The summed E-state index contributed by atoms with van der Waals surface area (Å²) in [6, 6.07) is 19.2. The fourth-order valence-corrected chi connectivity index (χ4v) is 6.76. The maximum absolute atomic E-state index is 14.3. The van der Waals surface area contributed by atoms with Crippen molar-refractivity contribution in [2.45, 2.75) is 100 Å². The number of fused-ring (bicyclic) bond motifs is 4. The van der Waals surface area contributed by atoms with E-state index in [0.717, 1.165) is 57.8 Å². The summed E-state index contributed by atoms with van der Waals surface area (Å²) in [7, 11) is 0. The molecule has 0 aliphatic heterocycles. The third-order valence-corrected chi connectivity index (χ3v) is 11.1. The van der Waals surface area contributed by atoms with Crippen LogP contribution in [0, 0.1) is 29.6 Å². The zero-order valence-corrected chi connectivity index (χ0v) is 32.7. The number of halogens is 1. The molecule has 253 valence electrons. The molecule has 2 aromatic heterocycles. The summed E-state index contributed by atoms with van der Waals surface area (Å²) in [6.07, 6.45) is 6.57. The molecule has 1 radical (unpaired) electrons. The second-order valence-corrected chi connectivity index (χ2v) is 15.3. The second kappa shape index (κ2) is 15.1. The van der Waals surface area contributed by atoms with Gasteiger partial charge < -0.3 is 10.1 Å². The van der Waals surface area contributed by atoms with Crippen LogP contribution in [0.25, 0.3) is 42.9 Å². The molecule has 5 aromatic rings. The molecule has 47 heavy (non-hydrogen) atoms. The van der Waals surface area contributed by atoms with Crippen LogP contribution in [-0.2, 0) is 30.3 Å². The molecular formula is C41H49FIrNO2S-. The van der Waals surface area contributed by atoms with Gasteiger partial charge in [0.05, 0.1) is 0 Å². The molecule has 6 heteroatoms. The fraction of sp³-hybridized carbons (Fsp3) is 0.415. The van der Waals surface area contributed by atoms with Gasteiger partial charge in [-0.15, -0.1) is 23.3 Å². The first-order valence-corrected chi connectivity index (χ1v) is 17.3. The minimum absolute atomic E-state index is 0. The average Bonchev–Trinajstić information content (AvgIpc) is 3.42. The average molecular weight is 831 g/mol. The monoisotopic (exact) mass is 831 g/mol. The van der Waals surface area contributed by atoms with E-state index < -0.39 is 0 Å². The van der Waals surface area contributed by atoms with Crippen LogP contribution in [-0.4, -0.2) is 15.9 Å². The standard InChI is InChI=1S/C26H21FNS.C15H28O2.Ir/c1-15-12-21-22(26(2,3)4)13-16(14-24(21)29-15)25-20-9-8-19-17(6-5-7-23(19)27)18(20)10-11-28-25;1-7-14(5,8-2)12(16)11-13(17)15(6,9-3)10-4;/h5-13H,1-4H3;11,16H,7-10H2,1-6H3;/q-1;;/b;12-11-;. The molecule has 5 rings (SSSR count). The minimum atomic E-state index is -0.337. The Morgan fingerprint density at radius 1 is 0.851 bits per heavy atom. The van der Waals surface area contributed by atoms with E-state index in [9.17, 15) is 14.3 Å². The van der Waals surface area contributed by atoms with Gasteiger partial charge in [-0.25, -0.2) is 4.39 Å². The van der Waals surface area contributed by atoms with Gasteiger partial charge in [0.25, 0.3) is 0 Å². The van der Waals surface area contributed by atoms with E-state index in [0.29, 0.717) is 5.39 Å². The zero-order valence-electron chi connectivity index (χ0n) is 29.5. The van der Waals surface area contributed by atoms with Crippen molar-refractivity contribution < 1.29 is 34.4 Å². The smallest absolute Gasteiger partial charge is 0.164 e. The van der Waals surface area contributed by atoms with Gasteiger partial charge in [0.2, 0.25) is 0 Å². The number of aryl methyl sites for hydroxylation is 1. The van der Waals surface area contributed by atoms with Gasteiger partial charge in [0, 0.05) is 48.6 Å². The number of aromatic nitrogens is 1. The van der Waals surface area contributed by atoms with Crippen molar-refractivity contribution in [3.63, 3.8) is 0 Å². The number of allylic oxidation sites excluding steroid dienone is 2. The molecule has 0 saturated heterocycles. The van der Waals surface area contributed by atoms with Gasteiger partial charge in [-0.1, -0.05) is 98.0 Å². The topological polar surface area (TPSA) is 50.2 Å². The number of carbonyl (C=O) groups excluding carboxylic acids is 1. The zero-order chi connectivity index (χ0) is 34.0. The number of aliphatic hydroxyl groups excluding tert-OH is 1. The Morgan fingerprint density at radius 2 is 1.45 bits per heavy atom. The van der Waals surface area contributed by atoms with Crippen LogP contribution in [0.4, 0.5) is 4.39 Å². The second-order valence-electron chi connectivity index (χ2n) is 14.0. The third-order valence-electron chi connectivity index (χ3n) is 10.1. The van der Waals surface area contributed by atoms with Crippen molar-refractivity contribution in [1.29, 1.82) is 0 Å². The van der Waals surface area contributed by atoms with Crippen molar-refractivity contribution in [2.24, 2.45) is 10.8 Å². The fourth-order valence-electron chi connectivity index (χ4n) is 5.82. The van der Waals surface area contributed by atoms with Gasteiger partial charge >= 0.3 is 0 Å². The van der Waals surface area contributed by atoms with Crippen LogP contribution < -0.4 is 0 Å². The van der Waals surface area contributed by atoms with Crippen LogP contribution in [0.15, 0.2) is 66.6 Å². The molecule has 0 fully saturated rings. The maximum Gasteiger partial charge on any atom is 0.164 e. The summed E-state index contributed by atoms with van der Waals surface area (Å²) in [5.74, 6) is 0.0913. The Bertz CT molecular complexity index is 1910. The molecule has 0 saturated carbocycles. The number of benzene rings is 3. The number of aliphatic hydroxyl groups is 1.